The first kappa shape index (κ1) is 17.2. The average Bonchev–Trinajstić information content (AvgIpc) is 2.44. The summed E-state index contributed by atoms with van der Waals surface area (Å²) in [5.74, 6) is 0.744. The van der Waals surface area contributed by atoms with Gasteiger partial charge in [0.25, 0.3) is 0 Å². The van der Waals surface area contributed by atoms with E-state index in [1.807, 2.05) is 19.1 Å². The quantitative estimate of drug-likeness (QED) is 0.652. The lowest BCUT2D eigenvalue weighted by atomic mass is 10.2. The molecule has 2 N–H and O–H groups in total. The molecule has 4 nitrogen and oxygen atoms in total. The highest BCUT2D eigenvalue weighted by molar-refractivity contribution is 6.30. The fourth-order valence-electron chi connectivity index (χ4n) is 1.71. The molecule has 20 heavy (non-hydrogen) atoms. The van der Waals surface area contributed by atoms with Crippen LogP contribution in [0.15, 0.2) is 18.2 Å². The first-order chi connectivity index (χ1) is 9.67. The topological polar surface area (TPSA) is 50.7 Å². The zero-order valence-electron chi connectivity index (χ0n) is 12.2. The third-order valence-corrected chi connectivity index (χ3v) is 2.95. The standard InChI is InChI=1S/C15H24ClNO3/c1-3-7-17-9-12-8-13(16)5-6-15(12)20-11-14(18)10-19-4-2/h5-6,8,14,17-18H,3-4,7,9-11H2,1-2H3. The maximum atomic E-state index is 9.71. The molecule has 0 aliphatic carbocycles. The van der Waals surface area contributed by atoms with E-state index < -0.39 is 6.10 Å². The van der Waals surface area contributed by atoms with Gasteiger partial charge in [-0.2, -0.15) is 0 Å². The number of nitrogens with one attached hydrogen (secondary N) is 1. The largest absolute Gasteiger partial charge is 0.490 e. The van der Waals surface area contributed by atoms with Gasteiger partial charge >= 0.3 is 0 Å². The number of aliphatic hydroxyl groups excluding tert-OH is 1. The second kappa shape index (κ2) is 10.00. The van der Waals surface area contributed by atoms with Crippen LogP contribution in [-0.4, -0.2) is 37.6 Å². The van der Waals surface area contributed by atoms with Crippen molar-refractivity contribution in [2.45, 2.75) is 32.9 Å². The molecule has 0 aromatic heterocycles. The molecule has 0 amide bonds. The van der Waals surface area contributed by atoms with Crippen LogP contribution in [0.1, 0.15) is 25.8 Å². The third-order valence-electron chi connectivity index (χ3n) is 2.71. The molecular weight excluding hydrogens is 278 g/mol. The van der Waals surface area contributed by atoms with Gasteiger partial charge in [-0.05, 0) is 38.1 Å². The molecule has 1 atom stereocenters. The van der Waals surface area contributed by atoms with E-state index in [2.05, 4.69) is 12.2 Å². The highest BCUT2D eigenvalue weighted by Gasteiger charge is 2.09. The predicted octanol–water partition coefficient (Wildman–Crippen LogP) is 2.62. The molecule has 0 saturated carbocycles. The van der Waals surface area contributed by atoms with Crippen LogP contribution in [0.2, 0.25) is 5.02 Å². The molecule has 0 radical (unpaired) electrons. The summed E-state index contributed by atoms with van der Waals surface area (Å²) >= 11 is 6.01. The minimum absolute atomic E-state index is 0.211. The molecule has 5 heteroatoms. The monoisotopic (exact) mass is 301 g/mol. The summed E-state index contributed by atoms with van der Waals surface area (Å²) in [6.45, 7) is 6.74. The number of rotatable bonds is 10. The first-order valence-corrected chi connectivity index (χ1v) is 7.42. The fraction of sp³-hybridized carbons (Fsp3) is 0.600. The average molecular weight is 302 g/mol. The summed E-state index contributed by atoms with van der Waals surface area (Å²) in [7, 11) is 0. The van der Waals surface area contributed by atoms with Crippen LogP contribution in [0.5, 0.6) is 5.75 Å². The maximum absolute atomic E-state index is 9.71. The van der Waals surface area contributed by atoms with E-state index in [1.54, 1.807) is 6.07 Å². The van der Waals surface area contributed by atoms with E-state index in [9.17, 15) is 5.11 Å². The van der Waals surface area contributed by atoms with Crippen LogP contribution in [0.4, 0.5) is 0 Å². The normalized spacial score (nSPS) is 12.4. The third kappa shape index (κ3) is 6.57. The lowest BCUT2D eigenvalue weighted by Gasteiger charge is -2.15. The Morgan fingerprint density at radius 3 is 2.80 bits per heavy atom. The lowest BCUT2D eigenvalue weighted by Crippen LogP contribution is -2.24. The van der Waals surface area contributed by atoms with E-state index in [-0.39, 0.29) is 13.2 Å². The van der Waals surface area contributed by atoms with Crippen LogP contribution < -0.4 is 10.1 Å². The smallest absolute Gasteiger partial charge is 0.124 e. The zero-order valence-corrected chi connectivity index (χ0v) is 12.9. The zero-order chi connectivity index (χ0) is 14.8. The molecule has 1 rings (SSSR count). The Bertz CT molecular complexity index is 387. The Kier molecular flexibility index (Phi) is 8.62. The molecule has 114 valence electrons. The minimum atomic E-state index is -0.623. The van der Waals surface area contributed by atoms with E-state index in [1.165, 1.54) is 0 Å². The van der Waals surface area contributed by atoms with Crippen molar-refractivity contribution in [2.24, 2.45) is 0 Å². The molecular formula is C15H24ClNO3. The van der Waals surface area contributed by atoms with Crippen molar-refractivity contribution in [1.82, 2.24) is 5.32 Å². The van der Waals surface area contributed by atoms with Gasteiger partial charge in [-0.25, -0.2) is 0 Å². The van der Waals surface area contributed by atoms with Crippen LogP contribution >= 0.6 is 11.6 Å². The summed E-state index contributed by atoms with van der Waals surface area (Å²) in [5.41, 5.74) is 0.995. The van der Waals surface area contributed by atoms with Crippen molar-refractivity contribution in [3.63, 3.8) is 0 Å². The van der Waals surface area contributed by atoms with Crippen molar-refractivity contribution in [1.29, 1.82) is 0 Å². The summed E-state index contributed by atoms with van der Waals surface area (Å²) in [4.78, 5) is 0. The Morgan fingerprint density at radius 2 is 2.10 bits per heavy atom. The molecule has 0 saturated heterocycles. The van der Waals surface area contributed by atoms with Gasteiger partial charge in [-0.3, -0.25) is 0 Å². The number of halogens is 1. The second-order valence-electron chi connectivity index (χ2n) is 4.55. The molecule has 0 aliphatic heterocycles. The summed E-state index contributed by atoms with van der Waals surface area (Å²) < 4.78 is 10.8. The Balaban J connectivity index is 2.54. The van der Waals surface area contributed by atoms with Gasteiger partial charge in [0.15, 0.2) is 0 Å². The molecule has 0 bridgehead atoms. The van der Waals surface area contributed by atoms with Crippen molar-refractivity contribution in [3.05, 3.63) is 28.8 Å². The maximum Gasteiger partial charge on any atom is 0.124 e. The van der Waals surface area contributed by atoms with Gasteiger partial charge in [0, 0.05) is 23.7 Å². The SMILES string of the molecule is CCCNCc1cc(Cl)ccc1OCC(O)COCC. The van der Waals surface area contributed by atoms with Crippen molar-refractivity contribution < 1.29 is 14.6 Å². The predicted molar refractivity (Wildman–Crippen MR) is 81.4 cm³/mol. The Morgan fingerprint density at radius 1 is 1.30 bits per heavy atom. The molecule has 0 spiro atoms. The molecule has 1 aromatic rings. The van der Waals surface area contributed by atoms with Gasteiger partial charge in [-0.1, -0.05) is 18.5 Å². The lowest BCUT2D eigenvalue weighted by molar-refractivity contribution is 0.0162. The van der Waals surface area contributed by atoms with Gasteiger partial charge < -0.3 is 19.9 Å². The molecule has 1 aromatic carbocycles. The number of hydrogen-bond donors (Lipinski definition) is 2. The number of aliphatic hydroxyl groups is 1. The van der Waals surface area contributed by atoms with Crippen molar-refractivity contribution in [2.75, 3.05) is 26.4 Å². The molecule has 0 aliphatic rings. The first-order valence-electron chi connectivity index (χ1n) is 7.05. The fourth-order valence-corrected chi connectivity index (χ4v) is 1.91. The minimum Gasteiger partial charge on any atom is -0.490 e. The van der Waals surface area contributed by atoms with Gasteiger partial charge in [0.2, 0.25) is 0 Å². The van der Waals surface area contributed by atoms with E-state index >= 15 is 0 Å². The summed E-state index contributed by atoms with van der Waals surface area (Å²) in [5, 5.41) is 13.7. The van der Waals surface area contributed by atoms with Crippen molar-refractivity contribution >= 4 is 11.6 Å². The molecule has 0 fully saturated rings. The number of benzene rings is 1. The number of ether oxygens (including phenoxy) is 2. The Labute approximate surface area is 126 Å². The van der Waals surface area contributed by atoms with Crippen LogP contribution in [-0.2, 0) is 11.3 Å². The van der Waals surface area contributed by atoms with E-state index in [0.29, 0.717) is 18.2 Å². The molecule has 1 unspecified atom stereocenters. The van der Waals surface area contributed by atoms with Crippen molar-refractivity contribution in [3.8, 4) is 5.75 Å². The van der Waals surface area contributed by atoms with Gasteiger partial charge in [-0.15, -0.1) is 0 Å². The van der Waals surface area contributed by atoms with E-state index in [4.69, 9.17) is 21.1 Å². The van der Waals surface area contributed by atoms with Gasteiger partial charge in [0.1, 0.15) is 18.5 Å². The Hall–Kier alpha value is -0.810. The van der Waals surface area contributed by atoms with Crippen LogP contribution in [0, 0.1) is 0 Å². The highest BCUT2D eigenvalue weighted by atomic mass is 35.5. The van der Waals surface area contributed by atoms with E-state index in [0.717, 1.165) is 24.3 Å². The molecule has 0 heterocycles. The highest BCUT2D eigenvalue weighted by Crippen LogP contribution is 2.23. The summed E-state index contributed by atoms with van der Waals surface area (Å²) in [6, 6.07) is 5.50. The summed E-state index contributed by atoms with van der Waals surface area (Å²) in [6.07, 6.45) is 0.450. The van der Waals surface area contributed by atoms with Crippen LogP contribution in [0.3, 0.4) is 0 Å². The second-order valence-corrected chi connectivity index (χ2v) is 4.99. The van der Waals surface area contributed by atoms with Crippen LogP contribution in [0.25, 0.3) is 0 Å². The number of hydrogen-bond acceptors (Lipinski definition) is 4. The van der Waals surface area contributed by atoms with Gasteiger partial charge in [0.05, 0.1) is 6.61 Å².